The summed E-state index contributed by atoms with van der Waals surface area (Å²) < 4.78 is 0. The van der Waals surface area contributed by atoms with Crippen molar-refractivity contribution in [3.63, 3.8) is 0 Å². The van der Waals surface area contributed by atoms with Crippen molar-refractivity contribution in [1.82, 2.24) is 10.3 Å². The number of hydrogen-bond acceptors (Lipinski definition) is 3. The third-order valence-electron chi connectivity index (χ3n) is 2.99. The summed E-state index contributed by atoms with van der Waals surface area (Å²) in [5.41, 5.74) is 4.30. The van der Waals surface area contributed by atoms with Crippen LogP contribution < -0.4 is 5.43 Å². The predicted octanol–water partition coefficient (Wildman–Crippen LogP) is 1.91. The fourth-order valence-electron chi connectivity index (χ4n) is 2.05. The van der Waals surface area contributed by atoms with E-state index in [2.05, 4.69) is 27.6 Å². The molecule has 5 heteroatoms. The lowest BCUT2D eigenvalue weighted by atomic mass is 10.1. The number of carbonyl (C=O) groups is 1. The van der Waals surface area contributed by atoms with E-state index in [0.717, 1.165) is 38.2 Å². The van der Waals surface area contributed by atoms with Crippen LogP contribution in [-0.4, -0.2) is 34.9 Å². The van der Waals surface area contributed by atoms with E-state index in [9.17, 15) is 4.79 Å². The minimum absolute atomic E-state index is 0.827. The molecule has 18 heavy (non-hydrogen) atoms. The second-order valence-electron chi connectivity index (χ2n) is 4.36. The van der Waals surface area contributed by atoms with Crippen LogP contribution in [0.4, 0.5) is 4.79 Å². The molecule has 0 bridgehead atoms. The average molecular weight is 247 g/mol. The van der Waals surface area contributed by atoms with E-state index in [0.29, 0.717) is 0 Å². The first kappa shape index (κ1) is 12.6. The molecule has 96 valence electrons. The number of nitrogens with one attached hydrogen (secondary N) is 1. The minimum Gasteiger partial charge on any atom is -0.464 e. The lowest BCUT2D eigenvalue weighted by Gasteiger charge is -2.27. The molecule has 1 aliphatic rings. The molecule has 0 aromatic heterocycles. The van der Waals surface area contributed by atoms with E-state index in [1.807, 2.05) is 18.2 Å². The van der Waals surface area contributed by atoms with Gasteiger partial charge in [-0.05, 0) is 5.56 Å². The Hall–Kier alpha value is -1.88. The molecule has 1 amide bonds. The highest BCUT2D eigenvalue weighted by Gasteiger charge is 2.15. The summed E-state index contributed by atoms with van der Waals surface area (Å²) in [6.45, 7) is 2.80. The first-order valence-electron chi connectivity index (χ1n) is 6.04. The summed E-state index contributed by atoms with van der Waals surface area (Å²) in [5, 5.41) is 12.3. The summed E-state index contributed by atoms with van der Waals surface area (Å²) in [4.78, 5) is 12.7. The van der Waals surface area contributed by atoms with Gasteiger partial charge in [-0.25, -0.2) is 10.2 Å². The molecule has 1 aromatic carbocycles. The van der Waals surface area contributed by atoms with Gasteiger partial charge in [0, 0.05) is 38.2 Å². The van der Waals surface area contributed by atoms with Crippen LogP contribution in [0, 0.1) is 0 Å². The van der Waals surface area contributed by atoms with Crippen molar-refractivity contribution in [2.45, 2.75) is 19.4 Å². The van der Waals surface area contributed by atoms with Gasteiger partial charge in [-0.1, -0.05) is 30.3 Å². The van der Waals surface area contributed by atoms with E-state index in [1.54, 1.807) is 0 Å². The first-order valence-corrected chi connectivity index (χ1v) is 6.04. The lowest BCUT2D eigenvalue weighted by molar-refractivity contribution is 0.194. The zero-order valence-electron chi connectivity index (χ0n) is 10.2. The Kier molecular flexibility index (Phi) is 4.30. The van der Waals surface area contributed by atoms with Gasteiger partial charge in [-0.3, -0.25) is 4.90 Å². The van der Waals surface area contributed by atoms with Crippen LogP contribution in [0.5, 0.6) is 0 Å². The van der Waals surface area contributed by atoms with E-state index in [-0.39, 0.29) is 0 Å². The molecule has 0 radical (unpaired) electrons. The van der Waals surface area contributed by atoms with Crippen molar-refractivity contribution in [3.8, 4) is 0 Å². The van der Waals surface area contributed by atoms with Crippen LogP contribution >= 0.6 is 0 Å². The fourth-order valence-corrected chi connectivity index (χ4v) is 2.05. The molecule has 5 nitrogen and oxygen atoms in total. The normalized spacial score (nSPS) is 16.3. The molecule has 0 unspecified atom stereocenters. The van der Waals surface area contributed by atoms with Crippen LogP contribution in [0.2, 0.25) is 0 Å². The maximum atomic E-state index is 10.3. The van der Waals surface area contributed by atoms with Crippen LogP contribution in [0.1, 0.15) is 18.4 Å². The molecule has 1 aromatic rings. The Labute approximate surface area is 106 Å². The number of hydrogen-bond donors (Lipinski definition) is 2. The molecule has 0 spiro atoms. The molecule has 1 fully saturated rings. The van der Waals surface area contributed by atoms with E-state index in [4.69, 9.17) is 5.11 Å². The molecule has 1 saturated heterocycles. The smallest absolute Gasteiger partial charge is 0.425 e. The van der Waals surface area contributed by atoms with Gasteiger partial charge in [0.25, 0.3) is 0 Å². The Balaban J connectivity index is 1.80. The quantitative estimate of drug-likeness (QED) is 0.802. The summed E-state index contributed by atoms with van der Waals surface area (Å²) in [6, 6.07) is 10.3. The minimum atomic E-state index is -1.10. The first-order chi connectivity index (χ1) is 8.74. The summed E-state index contributed by atoms with van der Waals surface area (Å²) in [7, 11) is 0. The van der Waals surface area contributed by atoms with Crippen LogP contribution in [0.25, 0.3) is 0 Å². The summed E-state index contributed by atoms with van der Waals surface area (Å²) in [5.74, 6) is 0. The van der Waals surface area contributed by atoms with Gasteiger partial charge in [-0.15, -0.1) is 0 Å². The van der Waals surface area contributed by atoms with Gasteiger partial charge in [-0.2, -0.15) is 5.10 Å². The Morgan fingerprint density at radius 3 is 2.56 bits per heavy atom. The molecular weight excluding hydrogens is 230 g/mol. The fraction of sp³-hybridized carbons (Fsp3) is 0.385. The van der Waals surface area contributed by atoms with Crippen molar-refractivity contribution in [1.29, 1.82) is 0 Å². The molecular formula is C13H17N3O2. The summed E-state index contributed by atoms with van der Waals surface area (Å²) >= 11 is 0. The number of likely N-dealkylation sites (tertiary alicyclic amines) is 1. The number of carboxylic acid groups (broad SMARTS) is 1. The van der Waals surface area contributed by atoms with Crippen molar-refractivity contribution < 1.29 is 9.90 Å². The topological polar surface area (TPSA) is 64.9 Å². The molecule has 0 aliphatic carbocycles. The standard InChI is InChI=1S/C13H17N3O2/c17-13(18)15-14-12-6-8-16(9-7-12)10-11-4-2-1-3-5-11/h1-5,15H,6-10H2,(H,17,18). The maximum Gasteiger partial charge on any atom is 0.425 e. The molecule has 1 heterocycles. The molecule has 0 atom stereocenters. The number of amides is 1. The highest BCUT2D eigenvalue weighted by Crippen LogP contribution is 2.11. The molecule has 1 aliphatic heterocycles. The highest BCUT2D eigenvalue weighted by atomic mass is 16.4. The Morgan fingerprint density at radius 2 is 1.94 bits per heavy atom. The average Bonchev–Trinajstić information content (AvgIpc) is 2.39. The highest BCUT2D eigenvalue weighted by molar-refractivity contribution is 5.86. The van der Waals surface area contributed by atoms with Crippen molar-refractivity contribution >= 4 is 11.8 Å². The monoisotopic (exact) mass is 247 g/mol. The zero-order valence-corrected chi connectivity index (χ0v) is 10.2. The summed E-state index contributed by atoms with van der Waals surface area (Å²) in [6.07, 6.45) is 0.550. The van der Waals surface area contributed by atoms with Crippen LogP contribution in [0.15, 0.2) is 35.4 Å². The van der Waals surface area contributed by atoms with Gasteiger partial charge in [0.1, 0.15) is 0 Å². The number of rotatable bonds is 3. The van der Waals surface area contributed by atoms with Gasteiger partial charge >= 0.3 is 6.09 Å². The van der Waals surface area contributed by atoms with Gasteiger partial charge in [0.2, 0.25) is 0 Å². The largest absolute Gasteiger partial charge is 0.464 e. The molecule has 2 N–H and O–H groups in total. The Morgan fingerprint density at radius 1 is 1.28 bits per heavy atom. The third-order valence-corrected chi connectivity index (χ3v) is 2.99. The SMILES string of the molecule is O=C(O)NN=C1CCN(Cc2ccccc2)CC1. The van der Waals surface area contributed by atoms with Crippen molar-refractivity contribution in [2.24, 2.45) is 5.10 Å². The van der Waals surface area contributed by atoms with Gasteiger partial charge in [0.05, 0.1) is 0 Å². The predicted molar refractivity (Wildman–Crippen MR) is 69.5 cm³/mol. The van der Waals surface area contributed by atoms with Gasteiger partial charge < -0.3 is 5.11 Å². The van der Waals surface area contributed by atoms with Gasteiger partial charge in [0.15, 0.2) is 0 Å². The van der Waals surface area contributed by atoms with Crippen LogP contribution in [0.3, 0.4) is 0 Å². The van der Waals surface area contributed by atoms with E-state index < -0.39 is 6.09 Å². The zero-order chi connectivity index (χ0) is 12.8. The van der Waals surface area contributed by atoms with Crippen molar-refractivity contribution in [3.05, 3.63) is 35.9 Å². The maximum absolute atomic E-state index is 10.3. The number of benzene rings is 1. The second-order valence-corrected chi connectivity index (χ2v) is 4.36. The molecule has 2 rings (SSSR count). The lowest BCUT2D eigenvalue weighted by Crippen LogP contribution is -2.34. The Bertz CT molecular complexity index is 421. The van der Waals surface area contributed by atoms with E-state index >= 15 is 0 Å². The number of piperidine rings is 1. The van der Waals surface area contributed by atoms with Crippen molar-refractivity contribution in [2.75, 3.05) is 13.1 Å². The number of nitrogens with zero attached hydrogens (tertiary/aromatic N) is 2. The van der Waals surface area contributed by atoms with E-state index in [1.165, 1.54) is 5.56 Å². The third kappa shape index (κ3) is 3.85. The van der Waals surface area contributed by atoms with Crippen LogP contribution in [-0.2, 0) is 6.54 Å². The number of hydrazone groups is 1. The second kappa shape index (κ2) is 6.16. The molecule has 0 saturated carbocycles.